The topological polar surface area (TPSA) is 65.8 Å². The van der Waals surface area contributed by atoms with Crippen molar-refractivity contribution < 1.29 is 8.91 Å². The van der Waals surface area contributed by atoms with Gasteiger partial charge in [-0.2, -0.15) is 0 Å². The van der Waals surface area contributed by atoms with E-state index in [-0.39, 0.29) is 5.56 Å². The lowest BCUT2D eigenvalue weighted by Gasteiger charge is -2.30. The van der Waals surface area contributed by atoms with Crippen LogP contribution in [0.5, 0.6) is 0 Å². The Morgan fingerprint density at radius 3 is 2.59 bits per heavy atom. The van der Waals surface area contributed by atoms with Gasteiger partial charge >= 0.3 is 0 Å². The predicted octanol–water partition coefficient (Wildman–Crippen LogP) is 5.35. The quantitative estimate of drug-likeness (QED) is 0.434. The van der Waals surface area contributed by atoms with Gasteiger partial charge in [0.25, 0.3) is 0 Å². The molecule has 0 bridgehead atoms. The van der Waals surface area contributed by atoms with Crippen LogP contribution in [0.3, 0.4) is 0 Å². The van der Waals surface area contributed by atoms with Gasteiger partial charge in [0, 0.05) is 54.0 Å². The van der Waals surface area contributed by atoms with Gasteiger partial charge in [0.1, 0.15) is 11.4 Å². The molecule has 5 rings (SSSR count). The molecule has 4 aromatic heterocycles. The summed E-state index contributed by atoms with van der Waals surface area (Å²) >= 11 is 0. The summed E-state index contributed by atoms with van der Waals surface area (Å²) in [6, 6.07) is 5.40. The van der Waals surface area contributed by atoms with E-state index in [0.29, 0.717) is 19.4 Å². The first kappa shape index (κ1) is 20.7. The molecule has 0 unspecified atom stereocenters. The number of nitrogens with zero attached hydrogens (tertiary/aromatic N) is 4. The van der Waals surface area contributed by atoms with Gasteiger partial charge in [0.05, 0.1) is 23.3 Å². The van der Waals surface area contributed by atoms with Crippen LogP contribution in [-0.4, -0.2) is 24.9 Å². The van der Waals surface area contributed by atoms with Gasteiger partial charge in [-0.15, -0.1) is 0 Å². The zero-order valence-corrected chi connectivity index (χ0v) is 18.7. The second kappa shape index (κ2) is 7.73. The molecule has 0 atom stereocenters. The Labute approximate surface area is 185 Å². The maximum absolute atomic E-state index is 15.7. The van der Waals surface area contributed by atoms with Crippen molar-refractivity contribution in [2.75, 3.05) is 0 Å². The molecule has 4 aromatic rings. The van der Waals surface area contributed by atoms with Crippen LogP contribution in [0.15, 0.2) is 46.1 Å². The number of pyridine rings is 2. The molecule has 166 valence electrons. The number of rotatable bonds is 4. The van der Waals surface area contributed by atoms with Crippen molar-refractivity contribution in [3.8, 4) is 22.3 Å². The molecule has 1 aliphatic carbocycles. The summed E-state index contributed by atoms with van der Waals surface area (Å²) in [5.41, 5.74) is 4.76. The Hall–Kier alpha value is -3.22. The third kappa shape index (κ3) is 3.55. The second-order valence-electron chi connectivity index (χ2n) is 9.04. The minimum Gasteiger partial charge on any atom is -0.361 e. The minimum absolute atomic E-state index is 0.0731. The van der Waals surface area contributed by atoms with Crippen molar-refractivity contribution in [1.29, 1.82) is 0 Å². The van der Waals surface area contributed by atoms with Crippen LogP contribution >= 0.6 is 0 Å². The van der Waals surface area contributed by atoms with Crippen LogP contribution in [0.1, 0.15) is 43.6 Å². The van der Waals surface area contributed by atoms with E-state index in [0.717, 1.165) is 64.0 Å². The summed E-state index contributed by atoms with van der Waals surface area (Å²) < 4.78 is 24.6. The molecular formula is C25H27FN4O2. The Morgan fingerprint density at radius 1 is 1.12 bits per heavy atom. The van der Waals surface area contributed by atoms with E-state index in [1.807, 2.05) is 36.9 Å². The van der Waals surface area contributed by atoms with Crippen molar-refractivity contribution in [3.05, 3.63) is 58.6 Å². The number of hydrogen-bond acceptors (Lipinski definition) is 4. The third-order valence-electron chi connectivity index (χ3n) is 6.64. The summed E-state index contributed by atoms with van der Waals surface area (Å²) in [6.45, 7) is 4.08. The lowest BCUT2D eigenvalue weighted by molar-refractivity contribution is 0.0873. The van der Waals surface area contributed by atoms with E-state index in [1.165, 1.54) is 0 Å². The molecule has 0 N–H and O–H groups in total. The van der Waals surface area contributed by atoms with E-state index in [9.17, 15) is 4.79 Å². The maximum atomic E-state index is 15.7. The lowest BCUT2D eigenvalue weighted by Crippen LogP contribution is -2.31. The van der Waals surface area contributed by atoms with Crippen molar-refractivity contribution >= 4 is 11.0 Å². The summed E-state index contributed by atoms with van der Waals surface area (Å²) in [6.07, 6.45) is 9.70. The highest BCUT2D eigenvalue weighted by molar-refractivity contribution is 5.94. The Morgan fingerprint density at radius 2 is 1.91 bits per heavy atom. The highest BCUT2D eigenvalue weighted by Gasteiger charge is 2.33. The number of hydrogen-bond donors (Lipinski definition) is 0. The Bertz CT molecular complexity index is 1340. The zero-order valence-electron chi connectivity index (χ0n) is 18.7. The monoisotopic (exact) mass is 434 g/mol. The number of aryl methyl sites for hydroxylation is 3. The molecule has 6 nitrogen and oxygen atoms in total. The van der Waals surface area contributed by atoms with Crippen molar-refractivity contribution in [3.63, 3.8) is 0 Å². The molecule has 1 fully saturated rings. The van der Waals surface area contributed by atoms with Gasteiger partial charge in [-0.05, 0) is 38.8 Å². The molecule has 0 amide bonds. The van der Waals surface area contributed by atoms with Crippen molar-refractivity contribution in [1.82, 2.24) is 19.3 Å². The van der Waals surface area contributed by atoms with Gasteiger partial charge < -0.3 is 13.7 Å². The molecule has 0 aliphatic heterocycles. The predicted molar refractivity (Wildman–Crippen MR) is 122 cm³/mol. The molecule has 7 heteroatoms. The number of halogens is 1. The summed E-state index contributed by atoms with van der Waals surface area (Å²) in [7, 11) is 1.73. The van der Waals surface area contributed by atoms with Crippen LogP contribution in [0.4, 0.5) is 4.39 Å². The number of alkyl halides is 1. The van der Waals surface area contributed by atoms with Crippen LogP contribution in [0.25, 0.3) is 33.3 Å². The third-order valence-corrected chi connectivity index (χ3v) is 6.64. The molecule has 32 heavy (non-hydrogen) atoms. The molecule has 0 radical (unpaired) electrons. The summed E-state index contributed by atoms with van der Waals surface area (Å²) in [4.78, 5) is 16.7. The molecule has 4 heterocycles. The average Bonchev–Trinajstić information content (AvgIpc) is 3.29. The zero-order chi connectivity index (χ0) is 22.5. The molecule has 0 spiro atoms. The van der Waals surface area contributed by atoms with Crippen LogP contribution in [0.2, 0.25) is 0 Å². The van der Waals surface area contributed by atoms with E-state index < -0.39 is 5.67 Å². The summed E-state index contributed by atoms with van der Waals surface area (Å²) in [5, 5.41) is 4.07. The fraction of sp³-hybridized carbons (Fsp3) is 0.400. The van der Waals surface area contributed by atoms with Gasteiger partial charge in [0.15, 0.2) is 0 Å². The van der Waals surface area contributed by atoms with Gasteiger partial charge in [-0.1, -0.05) is 24.4 Å². The standard InChI is InChI=1S/C25H27FN4O2/c1-16-23(17(2)32-28-16)19-11-21-24(27-12-19)20(18-7-8-22(31)29(3)13-18)14-30(21)15-25(26)9-5-4-6-10-25/h7-8,11-14H,4-6,9-10,15H2,1-3H3. The minimum atomic E-state index is -1.22. The van der Waals surface area contributed by atoms with Crippen LogP contribution in [0, 0.1) is 13.8 Å². The average molecular weight is 435 g/mol. The normalized spacial score (nSPS) is 16.0. The highest BCUT2D eigenvalue weighted by atomic mass is 19.1. The fourth-order valence-corrected chi connectivity index (χ4v) is 4.94. The van der Waals surface area contributed by atoms with Crippen LogP contribution < -0.4 is 5.56 Å². The van der Waals surface area contributed by atoms with Crippen molar-refractivity contribution in [2.45, 2.75) is 58.2 Å². The van der Waals surface area contributed by atoms with E-state index in [1.54, 1.807) is 29.9 Å². The number of fused-ring (bicyclic) bond motifs is 1. The largest absolute Gasteiger partial charge is 0.361 e. The number of aromatic nitrogens is 4. The molecule has 0 aromatic carbocycles. The van der Waals surface area contributed by atoms with E-state index in [2.05, 4.69) is 5.16 Å². The summed E-state index contributed by atoms with van der Waals surface area (Å²) in [5.74, 6) is 0.731. The first-order valence-corrected chi connectivity index (χ1v) is 11.1. The first-order valence-electron chi connectivity index (χ1n) is 11.1. The van der Waals surface area contributed by atoms with Gasteiger partial charge in [0.2, 0.25) is 5.56 Å². The maximum Gasteiger partial charge on any atom is 0.250 e. The van der Waals surface area contributed by atoms with Crippen molar-refractivity contribution in [2.24, 2.45) is 7.05 Å². The molecule has 0 saturated heterocycles. The van der Waals surface area contributed by atoms with E-state index in [4.69, 9.17) is 9.51 Å². The van der Waals surface area contributed by atoms with Gasteiger partial charge in [-0.25, -0.2) is 4.39 Å². The van der Waals surface area contributed by atoms with E-state index >= 15 is 4.39 Å². The van der Waals surface area contributed by atoms with Gasteiger partial charge in [-0.3, -0.25) is 9.78 Å². The second-order valence-corrected chi connectivity index (χ2v) is 9.04. The smallest absolute Gasteiger partial charge is 0.250 e. The van der Waals surface area contributed by atoms with Crippen LogP contribution in [-0.2, 0) is 13.6 Å². The Balaban J connectivity index is 1.69. The molecule has 1 aliphatic rings. The first-order chi connectivity index (χ1) is 15.3. The Kier molecular flexibility index (Phi) is 4.99. The molecule has 1 saturated carbocycles. The molecular weight excluding hydrogens is 407 g/mol. The SMILES string of the molecule is Cc1noc(C)c1-c1cnc2c(-c3ccc(=O)n(C)c3)cn(CC3(F)CCCCC3)c2c1. The fourth-order valence-electron chi connectivity index (χ4n) is 4.94. The lowest BCUT2D eigenvalue weighted by atomic mass is 9.86. The highest BCUT2D eigenvalue weighted by Crippen LogP contribution is 2.38.